The minimum absolute atomic E-state index is 0.165. The van der Waals surface area contributed by atoms with Crippen LogP contribution in [0.2, 0.25) is 0 Å². The number of ether oxygens (including phenoxy) is 1. The Hall–Kier alpha value is -2.29. The molecule has 1 spiro atoms. The maximum Gasteiger partial charge on any atom is 0.247 e. The van der Waals surface area contributed by atoms with Gasteiger partial charge in [0.15, 0.2) is 11.9 Å². The van der Waals surface area contributed by atoms with Gasteiger partial charge in [-0.1, -0.05) is 218 Å². The molecule has 0 bridgehead atoms. The first kappa shape index (κ1) is 46.4. The summed E-state index contributed by atoms with van der Waals surface area (Å²) in [6.45, 7) is 11.5. The molecular formula is C53H89N2O+. The average Bonchev–Trinajstić information content (AvgIpc) is 3.38. The highest BCUT2D eigenvalue weighted by Crippen LogP contribution is 2.54. The molecule has 1 unspecified atom stereocenters. The largest absolute Gasteiger partial charge is 0.456 e. The second-order valence-electron chi connectivity index (χ2n) is 18.5. The molecule has 0 fully saturated rings. The summed E-state index contributed by atoms with van der Waals surface area (Å²) in [6.07, 6.45) is 52.0. The molecule has 0 amide bonds. The van der Waals surface area contributed by atoms with Gasteiger partial charge in [0.25, 0.3) is 0 Å². The average molecular weight is 770 g/mol. The van der Waals surface area contributed by atoms with E-state index in [4.69, 9.17) is 4.74 Å². The number of para-hydroxylation sites is 1. The van der Waals surface area contributed by atoms with Crippen molar-refractivity contribution in [2.45, 2.75) is 251 Å². The van der Waals surface area contributed by atoms with Crippen molar-refractivity contribution in [1.29, 1.82) is 0 Å². The van der Waals surface area contributed by atoms with Crippen LogP contribution < -0.4 is 14.2 Å². The lowest BCUT2D eigenvalue weighted by molar-refractivity contribution is -0.699. The van der Waals surface area contributed by atoms with Crippen LogP contribution in [0.15, 0.2) is 48.7 Å². The number of unbranched alkanes of at least 4 members (excludes halogenated alkanes) is 30. The topological polar surface area (TPSA) is 16.4 Å². The number of aromatic nitrogens is 1. The number of hydrogen-bond acceptors (Lipinski definition) is 2. The van der Waals surface area contributed by atoms with Gasteiger partial charge in [0.05, 0.1) is 5.41 Å². The Kier molecular flexibility index (Phi) is 22.7. The highest BCUT2D eigenvalue weighted by atomic mass is 16.5. The molecular weight excluding hydrogens is 681 g/mol. The van der Waals surface area contributed by atoms with Crippen LogP contribution in [0.5, 0.6) is 5.75 Å². The molecule has 3 heterocycles. The number of rotatable bonds is 34. The van der Waals surface area contributed by atoms with Crippen LogP contribution in [0, 0.1) is 0 Å². The first-order valence-electron chi connectivity index (χ1n) is 24.8. The second kappa shape index (κ2) is 27.4. The highest BCUT2D eigenvalue weighted by Gasteiger charge is 2.59. The van der Waals surface area contributed by atoms with Crippen molar-refractivity contribution >= 4 is 11.8 Å². The maximum absolute atomic E-state index is 7.26. The van der Waals surface area contributed by atoms with E-state index in [0.29, 0.717) is 0 Å². The fourth-order valence-corrected chi connectivity index (χ4v) is 9.76. The van der Waals surface area contributed by atoms with E-state index in [1.54, 1.807) is 0 Å². The zero-order valence-corrected chi connectivity index (χ0v) is 37.5. The van der Waals surface area contributed by atoms with Gasteiger partial charge in [0.2, 0.25) is 11.4 Å². The number of nitrogens with zero attached hydrogens (tertiary/aromatic N) is 2. The summed E-state index contributed by atoms with van der Waals surface area (Å²) in [5.41, 5.74) is 3.31. The Labute approximate surface area is 347 Å². The van der Waals surface area contributed by atoms with E-state index in [1.807, 2.05) is 0 Å². The standard InChI is InChI=1S/C53H89N2O/c1-5-7-9-11-13-15-17-19-21-23-25-27-29-31-33-37-45-54-46-39-42-51-50(54)43-44-53(56-51)52(3,4)48-40-35-36-41-49(48)55(53)47-38-34-32-30-28-26-24-22-20-18-16-14-12-10-8-6-2/h35-36,39-44,46H,5-34,37-38,45,47H2,1-4H3/q+1. The minimum Gasteiger partial charge on any atom is -0.456 e. The lowest BCUT2D eigenvalue weighted by Gasteiger charge is -2.46. The quantitative estimate of drug-likeness (QED) is 0.0521. The van der Waals surface area contributed by atoms with Gasteiger partial charge in [-0.25, -0.2) is 0 Å². The van der Waals surface area contributed by atoms with Crippen molar-refractivity contribution in [2.75, 3.05) is 11.4 Å². The molecule has 3 heteroatoms. The number of anilines is 1. The maximum atomic E-state index is 7.26. The smallest absolute Gasteiger partial charge is 0.247 e. The van der Waals surface area contributed by atoms with E-state index < -0.39 is 5.72 Å². The summed E-state index contributed by atoms with van der Waals surface area (Å²) in [4.78, 5) is 2.61. The molecule has 2 aliphatic heterocycles. The van der Waals surface area contributed by atoms with Crippen molar-refractivity contribution in [3.63, 3.8) is 0 Å². The van der Waals surface area contributed by atoms with E-state index in [2.05, 4.69) is 91.9 Å². The molecule has 4 rings (SSSR count). The summed E-state index contributed by atoms with van der Waals surface area (Å²) in [7, 11) is 0. The van der Waals surface area contributed by atoms with Crippen LogP contribution in [0.25, 0.3) is 6.08 Å². The number of benzene rings is 1. The molecule has 2 aliphatic rings. The Bertz CT molecular complexity index is 1330. The predicted octanol–water partition coefficient (Wildman–Crippen LogP) is 16.4. The van der Waals surface area contributed by atoms with Gasteiger partial charge < -0.3 is 9.64 Å². The van der Waals surface area contributed by atoms with Gasteiger partial charge in [-0.3, -0.25) is 0 Å². The molecule has 2 aromatic rings. The zero-order chi connectivity index (χ0) is 39.6. The number of hydrogen-bond donors (Lipinski definition) is 0. The van der Waals surface area contributed by atoms with Crippen molar-refractivity contribution in [3.8, 4) is 5.75 Å². The van der Waals surface area contributed by atoms with Crippen LogP contribution in [-0.2, 0) is 12.0 Å². The predicted molar refractivity (Wildman–Crippen MR) is 245 cm³/mol. The second-order valence-corrected chi connectivity index (χ2v) is 18.5. The van der Waals surface area contributed by atoms with Crippen LogP contribution >= 0.6 is 0 Å². The van der Waals surface area contributed by atoms with E-state index >= 15 is 0 Å². The summed E-state index contributed by atoms with van der Waals surface area (Å²) < 4.78 is 9.70. The zero-order valence-electron chi connectivity index (χ0n) is 37.5. The molecule has 1 aromatic carbocycles. The van der Waals surface area contributed by atoms with Gasteiger partial charge in [0, 0.05) is 30.8 Å². The summed E-state index contributed by atoms with van der Waals surface area (Å²) in [5.74, 6) is 1.03. The monoisotopic (exact) mass is 770 g/mol. The first-order valence-corrected chi connectivity index (χ1v) is 24.8. The van der Waals surface area contributed by atoms with Gasteiger partial charge >= 0.3 is 0 Å². The lowest BCUT2D eigenvalue weighted by Crippen LogP contribution is -2.60. The molecule has 0 saturated heterocycles. The first-order chi connectivity index (χ1) is 27.5. The molecule has 1 aromatic heterocycles. The minimum atomic E-state index is -0.507. The molecule has 0 saturated carbocycles. The molecule has 1 atom stereocenters. The normalized spacial score (nSPS) is 16.8. The van der Waals surface area contributed by atoms with Gasteiger partial charge in [-0.2, -0.15) is 4.57 Å². The lowest BCUT2D eigenvalue weighted by atomic mass is 9.76. The van der Waals surface area contributed by atoms with Crippen molar-refractivity contribution in [3.05, 3.63) is 59.9 Å². The number of aryl methyl sites for hydroxylation is 1. The molecule has 0 N–H and O–H groups in total. The third-order valence-electron chi connectivity index (χ3n) is 13.5. The van der Waals surface area contributed by atoms with Crippen LogP contribution in [0.3, 0.4) is 0 Å². The fourth-order valence-electron chi connectivity index (χ4n) is 9.76. The molecule has 0 radical (unpaired) electrons. The fraction of sp³-hybridized carbons (Fsp3) is 0.755. The Morgan fingerprint density at radius 3 is 1.41 bits per heavy atom. The van der Waals surface area contributed by atoms with E-state index in [9.17, 15) is 0 Å². The van der Waals surface area contributed by atoms with Crippen LogP contribution in [0.4, 0.5) is 5.69 Å². The van der Waals surface area contributed by atoms with Crippen molar-refractivity contribution < 1.29 is 9.30 Å². The molecule has 3 nitrogen and oxygen atoms in total. The molecule has 0 aliphatic carbocycles. The van der Waals surface area contributed by atoms with E-state index in [0.717, 1.165) is 18.8 Å². The van der Waals surface area contributed by atoms with Gasteiger partial charge in [-0.05, 0) is 50.5 Å². The van der Waals surface area contributed by atoms with Gasteiger partial charge in [-0.15, -0.1) is 0 Å². The molecule has 56 heavy (non-hydrogen) atoms. The van der Waals surface area contributed by atoms with Crippen molar-refractivity contribution in [1.82, 2.24) is 0 Å². The summed E-state index contributed by atoms with van der Waals surface area (Å²) in [5, 5.41) is 0. The van der Waals surface area contributed by atoms with Gasteiger partial charge in [0.1, 0.15) is 6.54 Å². The summed E-state index contributed by atoms with van der Waals surface area (Å²) in [6, 6.07) is 13.5. The third-order valence-corrected chi connectivity index (χ3v) is 13.5. The van der Waals surface area contributed by atoms with Crippen LogP contribution in [-0.4, -0.2) is 12.3 Å². The van der Waals surface area contributed by atoms with Crippen LogP contribution in [0.1, 0.15) is 244 Å². The Balaban J connectivity index is 1.14. The third kappa shape index (κ3) is 14.8. The SMILES string of the molecule is CCCCCCCCCCCCCCCCCCN1c2ccccc2C(C)(C)C12C=Cc1c(ccc[n+]1CCCCCCCCCCCCCCCCCC)O2. The van der Waals surface area contributed by atoms with Crippen molar-refractivity contribution in [2.24, 2.45) is 0 Å². The Morgan fingerprint density at radius 1 is 0.500 bits per heavy atom. The Morgan fingerprint density at radius 2 is 0.929 bits per heavy atom. The molecule has 316 valence electrons. The van der Waals surface area contributed by atoms with E-state index in [-0.39, 0.29) is 5.41 Å². The van der Waals surface area contributed by atoms with E-state index in [1.165, 1.54) is 222 Å². The highest BCUT2D eigenvalue weighted by molar-refractivity contribution is 5.71. The number of pyridine rings is 1. The summed E-state index contributed by atoms with van der Waals surface area (Å²) >= 11 is 0. The number of fused-ring (bicyclic) bond motifs is 2.